The lowest BCUT2D eigenvalue weighted by molar-refractivity contribution is -0.384. The summed E-state index contributed by atoms with van der Waals surface area (Å²) in [6.45, 7) is 1.07. The summed E-state index contributed by atoms with van der Waals surface area (Å²) in [7, 11) is 0. The van der Waals surface area contributed by atoms with Gasteiger partial charge in [0.2, 0.25) is 6.29 Å². The van der Waals surface area contributed by atoms with Crippen LogP contribution in [0, 0.1) is 10.1 Å². The number of benzene rings is 5. The van der Waals surface area contributed by atoms with Crippen LogP contribution >= 0.6 is 0 Å². The molecule has 0 aliphatic carbocycles. The Morgan fingerprint density at radius 1 is 0.569 bits per heavy atom. The Kier molecular flexibility index (Phi) is 12.7. The highest BCUT2D eigenvalue weighted by molar-refractivity contribution is 5.89. The van der Waals surface area contributed by atoms with Crippen LogP contribution in [-0.2, 0) is 54.8 Å². The molecule has 1 heterocycles. The summed E-state index contributed by atoms with van der Waals surface area (Å²) < 4.78 is 38.6. The first-order valence-corrected chi connectivity index (χ1v) is 16.7. The first kappa shape index (κ1) is 35.6. The van der Waals surface area contributed by atoms with Gasteiger partial charge in [-0.05, 0) is 34.4 Å². The number of rotatable bonds is 16. The zero-order chi connectivity index (χ0) is 35.3. The maximum atomic E-state index is 13.6. The number of carbonyl (C=O) groups is 1. The second-order valence-electron chi connectivity index (χ2n) is 12.0. The number of ether oxygens (including phenoxy) is 6. The molecule has 0 aromatic heterocycles. The van der Waals surface area contributed by atoms with Crippen molar-refractivity contribution in [1.29, 1.82) is 0 Å². The number of nitro benzene ring substituents is 1. The van der Waals surface area contributed by atoms with Crippen LogP contribution in [0.4, 0.5) is 5.69 Å². The number of hydrogen-bond acceptors (Lipinski definition) is 9. The van der Waals surface area contributed by atoms with E-state index in [1.807, 2.05) is 121 Å². The maximum Gasteiger partial charge on any atom is 0.340 e. The number of non-ortho nitro benzene ring substituents is 1. The van der Waals surface area contributed by atoms with Crippen LogP contribution < -0.4 is 0 Å². The maximum absolute atomic E-state index is 13.6. The minimum Gasteiger partial charge on any atom is -0.429 e. The monoisotopic (exact) mass is 689 g/mol. The molecule has 0 saturated carbocycles. The average molecular weight is 690 g/mol. The minimum absolute atomic E-state index is 0.0938. The van der Waals surface area contributed by atoms with Gasteiger partial charge < -0.3 is 28.4 Å². The van der Waals surface area contributed by atoms with E-state index in [9.17, 15) is 14.9 Å². The van der Waals surface area contributed by atoms with Gasteiger partial charge in [-0.1, -0.05) is 121 Å². The second-order valence-corrected chi connectivity index (χ2v) is 12.0. The predicted molar refractivity (Wildman–Crippen MR) is 188 cm³/mol. The molecule has 6 rings (SSSR count). The lowest BCUT2D eigenvalue weighted by Gasteiger charge is -2.45. The van der Waals surface area contributed by atoms with Crippen molar-refractivity contribution >= 4 is 11.7 Å². The number of esters is 1. The summed E-state index contributed by atoms with van der Waals surface area (Å²) in [6, 6.07) is 44.1. The molecule has 5 aromatic carbocycles. The zero-order valence-corrected chi connectivity index (χ0v) is 27.9. The van der Waals surface area contributed by atoms with E-state index in [1.165, 1.54) is 24.3 Å². The second kappa shape index (κ2) is 18.1. The van der Waals surface area contributed by atoms with Crippen LogP contribution in [0.5, 0.6) is 0 Å². The normalized spacial score (nSPS) is 20.0. The highest BCUT2D eigenvalue weighted by Gasteiger charge is 2.50. The SMILES string of the molecule is O=C(O[C@@H]1O[C@@H](COCc2ccccc2)[C@H](OCc2ccccc2)[C@H](OCc2ccccc2)[C@@H]1OCc1ccccc1)c1ccc([N+](=O)[O-])cc1. The van der Waals surface area contributed by atoms with Gasteiger partial charge in [-0.25, -0.2) is 4.79 Å². The van der Waals surface area contributed by atoms with E-state index in [4.69, 9.17) is 28.4 Å². The van der Waals surface area contributed by atoms with Crippen molar-refractivity contribution in [1.82, 2.24) is 0 Å². The van der Waals surface area contributed by atoms with Gasteiger partial charge in [0.25, 0.3) is 5.69 Å². The molecule has 0 radical (unpaired) electrons. The molecule has 0 bridgehead atoms. The molecular weight excluding hydrogens is 650 g/mol. The topological polar surface area (TPSA) is 116 Å². The van der Waals surface area contributed by atoms with Crippen LogP contribution in [0.3, 0.4) is 0 Å². The molecule has 10 nitrogen and oxygen atoms in total. The Labute approximate surface area is 296 Å². The molecule has 51 heavy (non-hydrogen) atoms. The van der Waals surface area contributed by atoms with E-state index in [0.717, 1.165) is 22.3 Å². The summed E-state index contributed by atoms with van der Waals surface area (Å²) in [5, 5.41) is 11.2. The van der Waals surface area contributed by atoms with Crippen molar-refractivity contribution in [2.75, 3.05) is 6.61 Å². The van der Waals surface area contributed by atoms with Crippen molar-refractivity contribution in [3.63, 3.8) is 0 Å². The van der Waals surface area contributed by atoms with Gasteiger partial charge in [0.05, 0.1) is 43.5 Å². The van der Waals surface area contributed by atoms with Crippen molar-refractivity contribution in [3.8, 4) is 0 Å². The Bertz CT molecular complexity index is 1790. The first-order valence-electron chi connectivity index (χ1n) is 16.7. The van der Waals surface area contributed by atoms with Gasteiger partial charge in [0.15, 0.2) is 0 Å². The van der Waals surface area contributed by atoms with Gasteiger partial charge >= 0.3 is 5.97 Å². The highest BCUT2D eigenvalue weighted by Crippen LogP contribution is 2.32. The van der Waals surface area contributed by atoms with Crippen LogP contribution in [-0.4, -0.2) is 48.2 Å². The van der Waals surface area contributed by atoms with Gasteiger partial charge in [-0.3, -0.25) is 10.1 Å². The third-order valence-corrected chi connectivity index (χ3v) is 8.38. The van der Waals surface area contributed by atoms with Crippen molar-refractivity contribution in [2.24, 2.45) is 0 Å². The number of nitro groups is 1. The number of carbonyl (C=O) groups excluding carboxylic acids is 1. The summed E-state index contributed by atoms with van der Waals surface area (Å²) >= 11 is 0. The number of nitrogens with zero attached hydrogens (tertiary/aromatic N) is 1. The van der Waals surface area contributed by atoms with E-state index in [2.05, 4.69) is 0 Å². The van der Waals surface area contributed by atoms with E-state index in [1.54, 1.807) is 0 Å². The van der Waals surface area contributed by atoms with Crippen LogP contribution in [0.15, 0.2) is 146 Å². The molecule has 262 valence electrons. The lowest BCUT2D eigenvalue weighted by atomic mass is 9.97. The molecule has 1 saturated heterocycles. The fourth-order valence-electron chi connectivity index (χ4n) is 5.73. The first-order chi connectivity index (χ1) is 25.0. The smallest absolute Gasteiger partial charge is 0.340 e. The molecule has 1 fully saturated rings. The van der Waals surface area contributed by atoms with Gasteiger partial charge in [0, 0.05) is 12.1 Å². The van der Waals surface area contributed by atoms with E-state index in [0.29, 0.717) is 6.61 Å². The molecule has 0 spiro atoms. The van der Waals surface area contributed by atoms with Crippen molar-refractivity contribution < 1.29 is 38.1 Å². The zero-order valence-electron chi connectivity index (χ0n) is 27.9. The molecule has 1 aliphatic heterocycles. The van der Waals surface area contributed by atoms with Crippen LogP contribution in [0.1, 0.15) is 32.6 Å². The highest BCUT2D eigenvalue weighted by atomic mass is 16.7. The molecule has 0 unspecified atom stereocenters. The van der Waals surface area contributed by atoms with E-state index < -0.39 is 41.6 Å². The summed E-state index contributed by atoms with van der Waals surface area (Å²) in [6.07, 6.45) is -4.43. The molecule has 5 atom stereocenters. The van der Waals surface area contributed by atoms with Gasteiger partial charge in [-0.15, -0.1) is 0 Å². The Balaban J connectivity index is 1.32. The van der Waals surface area contributed by atoms with Gasteiger partial charge in [-0.2, -0.15) is 0 Å². The molecule has 1 aliphatic rings. The summed E-state index contributed by atoms with van der Waals surface area (Å²) in [4.78, 5) is 24.3. The Hall–Kier alpha value is -5.23. The fraction of sp³-hybridized carbons (Fsp3) is 0.244. The molecule has 0 N–H and O–H groups in total. The molecule has 0 amide bonds. The predicted octanol–water partition coefficient (Wildman–Crippen LogP) is 7.45. The number of hydrogen-bond donors (Lipinski definition) is 0. The quantitative estimate of drug-likeness (QED) is 0.0592. The van der Waals surface area contributed by atoms with Crippen molar-refractivity contribution in [3.05, 3.63) is 184 Å². The Morgan fingerprint density at radius 2 is 1.00 bits per heavy atom. The van der Waals surface area contributed by atoms with Gasteiger partial charge in [0.1, 0.15) is 24.4 Å². The average Bonchev–Trinajstić information content (AvgIpc) is 3.18. The molecule has 5 aromatic rings. The fourth-order valence-corrected chi connectivity index (χ4v) is 5.73. The minimum atomic E-state index is -1.25. The standard InChI is InChI=1S/C41H39NO9/c43-40(34-21-23-35(24-22-34)42(44)45)51-41-39(49-28-33-19-11-4-12-20-33)38(48-27-32-17-9-3-10-18-32)37(47-26-31-15-7-2-8-16-31)36(50-41)29-46-25-30-13-5-1-6-14-30/h1-24,36-39,41H,25-29H2/t36-,37-,38-,39-,41-/m0/s1. The summed E-state index contributed by atoms with van der Waals surface area (Å²) in [5.41, 5.74) is 3.74. The van der Waals surface area contributed by atoms with Crippen molar-refractivity contribution in [2.45, 2.75) is 57.1 Å². The molecule has 10 heteroatoms. The van der Waals surface area contributed by atoms with E-state index in [-0.39, 0.29) is 37.7 Å². The van der Waals surface area contributed by atoms with E-state index >= 15 is 0 Å². The van der Waals surface area contributed by atoms with Crippen LogP contribution in [0.2, 0.25) is 0 Å². The van der Waals surface area contributed by atoms with Crippen LogP contribution in [0.25, 0.3) is 0 Å². The third kappa shape index (κ3) is 10.2. The Morgan fingerprint density at radius 3 is 1.47 bits per heavy atom. The largest absolute Gasteiger partial charge is 0.429 e. The lowest BCUT2D eigenvalue weighted by Crippen LogP contribution is -2.62. The summed E-state index contributed by atoms with van der Waals surface area (Å²) in [5.74, 6) is -0.738. The third-order valence-electron chi connectivity index (χ3n) is 8.38. The molecular formula is C41H39NO9.